The topological polar surface area (TPSA) is 54.4 Å². The Balaban J connectivity index is 1.42. The van der Waals surface area contributed by atoms with E-state index in [1.807, 2.05) is 42.5 Å². The van der Waals surface area contributed by atoms with Crippen LogP contribution >= 0.6 is 11.8 Å². The van der Waals surface area contributed by atoms with E-state index >= 15 is 0 Å². The maximum Gasteiger partial charge on any atom is 0.227 e. The molecule has 1 aliphatic carbocycles. The summed E-state index contributed by atoms with van der Waals surface area (Å²) in [5, 5.41) is 3.16. The second kappa shape index (κ2) is 9.09. The maximum absolute atomic E-state index is 14.0. The summed E-state index contributed by atoms with van der Waals surface area (Å²) in [7, 11) is 0. The number of thioether (sulfide) groups is 1. The highest BCUT2D eigenvalue weighted by Crippen LogP contribution is 2.39. The predicted octanol–water partition coefficient (Wildman–Crippen LogP) is 4.79. The number of hydrogen-bond acceptors (Lipinski definition) is 4. The molecule has 0 radical (unpaired) electrons. The number of hydrogen-bond donors (Lipinski definition) is 1. The number of fused-ring (bicyclic) bond motifs is 2. The first-order chi connectivity index (χ1) is 15.7. The van der Waals surface area contributed by atoms with Crippen LogP contribution < -0.4 is 5.32 Å². The molecule has 1 N–H and O–H groups in total. The molecule has 0 spiro atoms. The Morgan fingerprint density at radius 3 is 2.75 bits per heavy atom. The van der Waals surface area contributed by atoms with E-state index in [4.69, 9.17) is 4.99 Å². The van der Waals surface area contributed by atoms with Crippen LogP contribution in [0.3, 0.4) is 0 Å². The number of halogens is 1. The van der Waals surface area contributed by atoms with Crippen LogP contribution in [0.5, 0.6) is 0 Å². The van der Waals surface area contributed by atoms with Crippen LogP contribution in [0.2, 0.25) is 0 Å². The van der Waals surface area contributed by atoms with Gasteiger partial charge in [-0.05, 0) is 42.3 Å². The molecule has 0 saturated carbocycles. The number of nitrogens with one attached hydrogen (secondary N) is 1. The summed E-state index contributed by atoms with van der Waals surface area (Å²) in [6, 6.07) is 18.4. The molecule has 160 valence electrons. The molecule has 2 heterocycles. The van der Waals surface area contributed by atoms with Gasteiger partial charge in [0.2, 0.25) is 5.91 Å². The van der Waals surface area contributed by atoms with Crippen molar-refractivity contribution in [3.05, 3.63) is 108 Å². The highest BCUT2D eigenvalue weighted by atomic mass is 32.2. The van der Waals surface area contributed by atoms with Gasteiger partial charge in [-0.15, -0.1) is 11.8 Å². The van der Waals surface area contributed by atoms with Crippen molar-refractivity contribution in [1.29, 1.82) is 0 Å². The molecule has 6 heteroatoms. The van der Waals surface area contributed by atoms with Crippen LogP contribution in [-0.4, -0.2) is 27.9 Å². The minimum absolute atomic E-state index is 0.00854. The monoisotopic (exact) mass is 443 g/mol. The molecule has 2 aliphatic rings. The number of benzene rings is 2. The molecule has 4 nitrogen and oxygen atoms in total. The molecule has 3 unspecified atom stereocenters. The number of nitrogens with zero attached hydrogens (tertiary/aromatic N) is 2. The number of rotatable bonds is 4. The van der Waals surface area contributed by atoms with Gasteiger partial charge in [0.25, 0.3) is 0 Å². The summed E-state index contributed by atoms with van der Waals surface area (Å²) in [5.74, 6) is -0.545. The van der Waals surface area contributed by atoms with E-state index in [1.165, 1.54) is 12.1 Å². The highest BCUT2D eigenvalue weighted by Gasteiger charge is 2.33. The summed E-state index contributed by atoms with van der Waals surface area (Å²) >= 11 is 1.75. The lowest BCUT2D eigenvalue weighted by atomic mass is 9.90. The number of amides is 1. The van der Waals surface area contributed by atoms with Crippen molar-refractivity contribution in [3.63, 3.8) is 0 Å². The van der Waals surface area contributed by atoms with Gasteiger partial charge in [0, 0.05) is 40.2 Å². The summed E-state index contributed by atoms with van der Waals surface area (Å²) in [6.07, 6.45) is 8.15. The normalized spacial score (nSPS) is 21.7. The number of aromatic nitrogens is 1. The fraction of sp³-hybridized carbons (Fsp3) is 0.192. The van der Waals surface area contributed by atoms with Crippen molar-refractivity contribution < 1.29 is 9.18 Å². The van der Waals surface area contributed by atoms with Crippen LogP contribution in [-0.2, 0) is 11.3 Å². The second-order valence-electron chi connectivity index (χ2n) is 7.93. The SMILES string of the molecule is O=C(NCc1ccncc1)C1C=CC2Sc3ccccc3C(c3cccc(F)c3)=NC2C1. The Morgan fingerprint density at radius 1 is 1.06 bits per heavy atom. The summed E-state index contributed by atoms with van der Waals surface area (Å²) < 4.78 is 14.0. The fourth-order valence-electron chi connectivity index (χ4n) is 4.12. The minimum Gasteiger partial charge on any atom is -0.352 e. The lowest BCUT2D eigenvalue weighted by Crippen LogP contribution is -2.36. The van der Waals surface area contributed by atoms with Gasteiger partial charge >= 0.3 is 0 Å². The lowest BCUT2D eigenvalue weighted by Gasteiger charge is -2.27. The molecule has 1 aliphatic heterocycles. The minimum atomic E-state index is -0.284. The van der Waals surface area contributed by atoms with E-state index in [0.29, 0.717) is 13.0 Å². The Labute approximate surface area is 190 Å². The zero-order valence-electron chi connectivity index (χ0n) is 17.3. The zero-order valence-corrected chi connectivity index (χ0v) is 18.1. The van der Waals surface area contributed by atoms with Crippen molar-refractivity contribution in [3.8, 4) is 0 Å². The molecular weight excluding hydrogens is 421 g/mol. The number of pyridine rings is 1. The summed E-state index contributed by atoms with van der Waals surface area (Å²) in [6.45, 7) is 0.470. The Kier molecular flexibility index (Phi) is 5.86. The van der Waals surface area contributed by atoms with Gasteiger partial charge in [-0.3, -0.25) is 14.8 Å². The molecule has 0 bridgehead atoms. The first-order valence-corrected chi connectivity index (χ1v) is 11.5. The Bertz CT molecular complexity index is 1190. The Morgan fingerprint density at radius 2 is 1.91 bits per heavy atom. The van der Waals surface area contributed by atoms with Crippen molar-refractivity contribution in [1.82, 2.24) is 10.3 Å². The third-order valence-electron chi connectivity index (χ3n) is 5.76. The van der Waals surface area contributed by atoms with E-state index in [-0.39, 0.29) is 28.9 Å². The lowest BCUT2D eigenvalue weighted by molar-refractivity contribution is -0.124. The van der Waals surface area contributed by atoms with Crippen molar-refractivity contribution >= 4 is 23.4 Å². The third kappa shape index (κ3) is 4.36. The van der Waals surface area contributed by atoms with Gasteiger partial charge < -0.3 is 5.32 Å². The molecule has 32 heavy (non-hydrogen) atoms. The third-order valence-corrected chi connectivity index (χ3v) is 7.11. The Hall–Kier alpha value is -3.25. The van der Waals surface area contributed by atoms with E-state index in [2.05, 4.69) is 22.4 Å². The van der Waals surface area contributed by atoms with Crippen molar-refractivity contribution in [2.24, 2.45) is 10.9 Å². The molecule has 3 atom stereocenters. The molecule has 1 aromatic heterocycles. The van der Waals surface area contributed by atoms with E-state index in [9.17, 15) is 9.18 Å². The largest absolute Gasteiger partial charge is 0.352 e. The van der Waals surface area contributed by atoms with E-state index in [1.54, 1.807) is 30.2 Å². The second-order valence-corrected chi connectivity index (χ2v) is 9.15. The van der Waals surface area contributed by atoms with Crippen LogP contribution in [0.4, 0.5) is 4.39 Å². The number of carbonyl (C=O) groups is 1. The predicted molar refractivity (Wildman–Crippen MR) is 125 cm³/mol. The van der Waals surface area contributed by atoms with Crippen LogP contribution in [0.15, 0.2) is 95.1 Å². The van der Waals surface area contributed by atoms with Crippen LogP contribution in [0, 0.1) is 11.7 Å². The van der Waals surface area contributed by atoms with E-state index < -0.39 is 0 Å². The molecular formula is C26H22FN3OS. The standard InChI is InChI=1S/C26H22FN3OS/c27-20-5-3-4-18(14-20)25-21-6-1-2-7-23(21)32-24-9-8-19(15-22(24)30-25)26(31)29-16-17-10-12-28-13-11-17/h1-14,19,22,24H,15-16H2,(H,29,31). The van der Waals surface area contributed by atoms with Gasteiger partial charge in [0.15, 0.2) is 0 Å². The molecule has 5 rings (SSSR count). The van der Waals surface area contributed by atoms with Gasteiger partial charge in [0.1, 0.15) is 5.82 Å². The summed E-state index contributed by atoms with van der Waals surface area (Å²) in [4.78, 5) is 23.1. The molecule has 1 amide bonds. The van der Waals surface area contributed by atoms with Crippen molar-refractivity contribution in [2.45, 2.75) is 29.2 Å². The van der Waals surface area contributed by atoms with Gasteiger partial charge in [-0.1, -0.05) is 42.5 Å². The molecule has 0 saturated heterocycles. The molecule has 2 aromatic carbocycles. The highest BCUT2D eigenvalue weighted by molar-refractivity contribution is 8.00. The van der Waals surface area contributed by atoms with Gasteiger partial charge in [0.05, 0.1) is 17.7 Å². The van der Waals surface area contributed by atoms with E-state index in [0.717, 1.165) is 27.3 Å². The fourth-order valence-corrected chi connectivity index (χ4v) is 5.36. The van der Waals surface area contributed by atoms with Crippen LogP contribution in [0.1, 0.15) is 23.1 Å². The summed E-state index contributed by atoms with van der Waals surface area (Å²) in [5.41, 5.74) is 3.56. The first-order valence-electron chi connectivity index (χ1n) is 10.6. The van der Waals surface area contributed by atoms with Crippen LogP contribution in [0.25, 0.3) is 0 Å². The maximum atomic E-state index is 14.0. The molecule has 3 aromatic rings. The number of carbonyl (C=O) groups excluding carboxylic acids is 1. The smallest absolute Gasteiger partial charge is 0.227 e. The van der Waals surface area contributed by atoms with Gasteiger partial charge in [-0.25, -0.2) is 4.39 Å². The first kappa shape index (κ1) is 20.6. The quantitative estimate of drug-likeness (QED) is 0.590. The van der Waals surface area contributed by atoms with Crippen molar-refractivity contribution in [2.75, 3.05) is 0 Å². The zero-order chi connectivity index (χ0) is 21.9. The molecule has 0 fully saturated rings. The average Bonchev–Trinajstić information content (AvgIpc) is 2.99. The average molecular weight is 444 g/mol. The number of aliphatic imine (C=N–C) groups is 1. The van der Waals surface area contributed by atoms with Gasteiger partial charge in [-0.2, -0.15) is 0 Å².